The lowest BCUT2D eigenvalue weighted by atomic mass is 9.97. The van der Waals surface area contributed by atoms with Gasteiger partial charge in [0, 0.05) is 10.2 Å². The molecule has 1 aromatic carbocycles. The van der Waals surface area contributed by atoms with Crippen LogP contribution in [0.2, 0.25) is 5.02 Å². The summed E-state index contributed by atoms with van der Waals surface area (Å²) in [5.74, 6) is -0.777. The van der Waals surface area contributed by atoms with Crippen molar-refractivity contribution in [2.45, 2.75) is 31.2 Å². The minimum Gasteiger partial charge on any atom is -0.480 e. The minimum atomic E-state index is -0.812. The van der Waals surface area contributed by atoms with E-state index in [4.69, 9.17) is 11.6 Å². The quantitative estimate of drug-likeness (QED) is 0.888. The van der Waals surface area contributed by atoms with Crippen LogP contribution in [0.4, 0.5) is 5.69 Å². The van der Waals surface area contributed by atoms with Crippen LogP contribution in [0.3, 0.4) is 0 Å². The van der Waals surface area contributed by atoms with E-state index in [2.05, 4.69) is 21.2 Å². The van der Waals surface area contributed by atoms with Gasteiger partial charge in [-0.05, 0) is 47.0 Å². The van der Waals surface area contributed by atoms with E-state index in [0.29, 0.717) is 17.9 Å². The first-order valence-electron chi connectivity index (χ1n) is 5.50. The molecule has 0 amide bonds. The summed E-state index contributed by atoms with van der Waals surface area (Å²) in [5.41, 5.74) is -0.0293. The van der Waals surface area contributed by atoms with Crippen LogP contribution < -0.4 is 5.32 Å². The zero-order valence-electron chi connectivity index (χ0n) is 9.17. The predicted molar refractivity (Wildman–Crippen MR) is 71.6 cm³/mol. The Kier molecular flexibility index (Phi) is 3.64. The van der Waals surface area contributed by atoms with Crippen LogP contribution in [0, 0.1) is 0 Å². The molecule has 0 heterocycles. The zero-order chi connectivity index (χ0) is 12.5. The second-order valence-electron chi connectivity index (χ2n) is 4.35. The number of rotatable bonds is 3. The molecular formula is C12H13BrClNO2. The van der Waals surface area contributed by atoms with Gasteiger partial charge in [-0.25, -0.2) is 4.79 Å². The Morgan fingerprint density at radius 1 is 1.41 bits per heavy atom. The van der Waals surface area contributed by atoms with E-state index in [1.54, 1.807) is 12.1 Å². The van der Waals surface area contributed by atoms with Gasteiger partial charge in [-0.2, -0.15) is 0 Å². The second-order valence-corrected chi connectivity index (χ2v) is 5.61. The van der Waals surface area contributed by atoms with Crippen molar-refractivity contribution in [3.8, 4) is 0 Å². The smallest absolute Gasteiger partial charge is 0.329 e. The predicted octanol–water partition coefficient (Wildman–Crippen LogP) is 3.91. The number of aliphatic carboxylic acids is 1. The summed E-state index contributed by atoms with van der Waals surface area (Å²) in [4.78, 5) is 11.4. The number of nitrogens with one attached hydrogen (secondary N) is 1. The van der Waals surface area contributed by atoms with Crippen molar-refractivity contribution >= 4 is 39.2 Å². The Bertz CT molecular complexity index is 444. The van der Waals surface area contributed by atoms with Crippen LogP contribution in [-0.4, -0.2) is 16.6 Å². The third-order valence-corrected chi connectivity index (χ3v) is 4.38. The van der Waals surface area contributed by atoms with Gasteiger partial charge in [0.05, 0.1) is 5.02 Å². The van der Waals surface area contributed by atoms with E-state index < -0.39 is 11.5 Å². The molecule has 17 heavy (non-hydrogen) atoms. The number of benzene rings is 1. The molecule has 2 N–H and O–H groups in total. The van der Waals surface area contributed by atoms with Gasteiger partial charge in [0.1, 0.15) is 5.54 Å². The number of carbonyl (C=O) groups is 1. The van der Waals surface area contributed by atoms with Gasteiger partial charge in [0.15, 0.2) is 0 Å². The molecule has 0 atom stereocenters. The fourth-order valence-corrected chi connectivity index (χ4v) is 2.72. The molecule has 1 saturated carbocycles. The largest absolute Gasteiger partial charge is 0.480 e. The summed E-state index contributed by atoms with van der Waals surface area (Å²) in [6.07, 6.45) is 3.24. The highest BCUT2D eigenvalue weighted by atomic mass is 79.9. The maximum Gasteiger partial charge on any atom is 0.329 e. The Hall–Kier alpha value is -0.740. The van der Waals surface area contributed by atoms with E-state index >= 15 is 0 Å². The monoisotopic (exact) mass is 317 g/mol. The number of halogens is 2. The highest BCUT2D eigenvalue weighted by Crippen LogP contribution is 2.35. The Morgan fingerprint density at radius 2 is 2.06 bits per heavy atom. The summed E-state index contributed by atoms with van der Waals surface area (Å²) in [5, 5.41) is 13.1. The summed E-state index contributed by atoms with van der Waals surface area (Å²) in [7, 11) is 0. The average Bonchev–Trinajstić information content (AvgIpc) is 2.73. The number of carboxylic acid groups (broad SMARTS) is 1. The van der Waals surface area contributed by atoms with Gasteiger partial charge in [-0.3, -0.25) is 0 Å². The van der Waals surface area contributed by atoms with Gasteiger partial charge >= 0.3 is 5.97 Å². The molecule has 92 valence electrons. The van der Waals surface area contributed by atoms with Gasteiger partial charge in [0.25, 0.3) is 0 Å². The van der Waals surface area contributed by atoms with Crippen LogP contribution in [0.15, 0.2) is 22.7 Å². The fraction of sp³-hybridized carbons (Fsp3) is 0.417. The zero-order valence-corrected chi connectivity index (χ0v) is 11.5. The molecule has 2 rings (SSSR count). The topological polar surface area (TPSA) is 49.3 Å². The van der Waals surface area contributed by atoms with E-state index in [1.807, 2.05) is 6.07 Å². The molecule has 5 heteroatoms. The molecule has 3 nitrogen and oxygen atoms in total. The average molecular weight is 319 g/mol. The van der Waals surface area contributed by atoms with Crippen molar-refractivity contribution in [3.63, 3.8) is 0 Å². The molecule has 1 aromatic rings. The van der Waals surface area contributed by atoms with E-state index in [0.717, 1.165) is 23.0 Å². The third-order valence-electron chi connectivity index (χ3n) is 3.17. The summed E-state index contributed by atoms with van der Waals surface area (Å²) < 4.78 is 0.766. The summed E-state index contributed by atoms with van der Waals surface area (Å²) >= 11 is 9.23. The Balaban J connectivity index is 2.23. The van der Waals surface area contributed by atoms with Crippen molar-refractivity contribution < 1.29 is 9.90 Å². The number of hydrogen-bond donors (Lipinski definition) is 2. The lowest BCUT2D eigenvalue weighted by Crippen LogP contribution is -2.43. The van der Waals surface area contributed by atoms with Crippen LogP contribution in [0.25, 0.3) is 0 Å². The number of anilines is 1. The van der Waals surface area contributed by atoms with Crippen LogP contribution in [0.1, 0.15) is 25.7 Å². The van der Waals surface area contributed by atoms with Gasteiger partial charge < -0.3 is 10.4 Å². The Morgan fingerprint density at radius 3 is 2.59 bits per heavy atom. The lowest BCUT2D eigenvalue weighted by molar-refractivity contribution is -0.142. The highest BCUT2D eigenvalue weighted by molar-refractivity contribution is 9.10. The van der Waals surface area contributed by atoms with Crippen molar-refractivity contribution in [2.24, 2.45) is 0 Å². The minimum absolute atomic E-state index is 0.617. The molecule has 0 unspecified atom stereocenters. The summed E-state index contributed by atoms with van der Waals surface area (Å²) in [6, 6.07) is 5.36. The third kappa shape index (κ3) is 2.58. The molecule has 1 aliphatic carbocycles. The van der Waals surface area contributed by atoms with Crippen LogP contribution >= 0.6 is 27.5 Å². The molecule has 0 bridgehead atoms. The normalized spacial score (nSPS) is 18.0. The van der Waals surface area contributed by atoms with Crippen molar-refractivity contribution in [1.82, 2.24) is 0 Å². The SMILES string of the molecule is O=C(O)C1(Nc2ccc(Cl)c(Br)c2)CCCC1. The highest BCUT2D eigenvalue weighted by Gasteiger charge is 2.41. The van der Waals surface area contributed by atoms with E-state index in [1.165, 1.54) is 0 Å². The number of hydrogen-bond acceptors (Lipinski definition) is 2. The molecule has 1 fully saturated rings. The first-order valence-corrected chi connectivity index (χ1v) is 6.67. The molecule has 0 radical (unpaired) electrons. The van der Waals surface area contributed by atoms with E-state index in [9.17, 15) is 9.90 Å². The first kappa shape index (κ1) is 12.7. The maximum atomic E-state index is 11.4. The molecule has 0 spiro atoms. The standard InChI is InChI=1S/C12H13BrClNO2/c13-9-7-8(3-4-10(9)14)15-12(11(16)17)5-1-2-6-12/h3-4,7,15H,1-2,5-6H2,(H,16,17). The van der Waals surface area contributed by atoms with Crippen molar-refractivity contribution in [3.05, 3.63) is 27.7 Å². The van der Waals surface area contributed by atoms with E-state index in [-0.39, 0.29) is 0 Å². The van der Waals surface area contributed by atoms with Crippen molar-refractivity contribution in [2.75, 3.05) is 5.32 Å². The van der Waals surface area contributed by atoms with Gasteiger partial charge in [-0.15, -0.1) is 0 Å². The van der Waals surface area contributed by atoms with Gasteiger partial charge in [-0.1, -0.05) is 24.4 Å². The lowest BCUT2D eigenvalue weighted by Gasteiger charge is -2.26. The second kappa shape index (κ2) is 4.86. The Labute approximate surface area is 113 Å². The first-order chi connectivity index (χ1) is 8.03. The van der Waals surface area contributed by atoms with Crippen molar-refractivity contribution in [1.29, 1.82) is 0 Å². The molecule has 0 saturated heterocycles. The molecule has 0 aromatic heterocycles. The molecule has 0 aliphatic heterocycles. The summed E-state index contributed by atoms with van der Waals surface area (Å²) in [6.45, 7) is 0. The van der Waals surface area contributed by atoms with Crippen LogP contribution in [-0.2, 0) is 4.79 Å². The molecule has 1 aliphatic rings. The maximum absolute atomic E-state index is 11.4. The van der Waals surface area contributed by atoms with Gasteiger partial charge in [0.2, 0.25) is 0 Å². The van der Waals surface area contributed by atoms with Crippen LogP contribution in [0.5, 0.6) is 0 Å². The molecular weight excluding hydrogens is 305 g/mol. The fourth-order valence-electron chi connectivity index (χ4n) is 2.22. The number of carboxylic acids is 1.